The first-order chi connectivity index (χ1) is 11.0. The summed E-state index contributed by atoms with van der Waals surface area (Å²) in [5.74, 6) is 1.23. The minimum absolute atomic E-state index is 0.0102. The normalized spacial score (nSPS) is 11.9. The molecule has 23 heavy (non-hydrogen) atoms. The number of nitrogens with one attached hydrogen (secondary N) is 2. The van der Waals surface area contributed by atoms with Crippen LogP contribution in [0.5, 0.6) is 5.75 Å². The Bertz CT molecular complexity index is 671. The van der Waals surface area contributed by atoms with Gasteiger partial charge < -0.3 is 15.4 Å². The molecule has 1 aromatic carbocycles. The van der Waals surface area contributed by atoms with Crippen molar-refractivity contribution < 1.29 is 9.53 Å². The Morgan fingerprint density at radius 3 is 2.65 bits per heavy atom. The van der Waals surface area contributed by atoms with Crippen LogP contribution in [-0.4, -0.2) is 24.0 Å². The number of anilines is 1. The molecule has 0 aliphatic rings. The lowest BCUT2D eigenvalue weighted by atomic mass is 10.1. The second-order valence-corrected chi connectivity index (χ2v) is 5.58. The molecule has 1 atom stereocenters. The first-order valence-electron chi connectivity index (χ1n) is 7.71. The van der Waals surface area contributed by atoms with E-state index in [2.05, 4.69) is 15.6 Å². The largest absolute Gasteiger partial charge is 0.491 e. The van der Waals surface area contributed by atoms with Gasteiger partial charge in [0, 0.05) is 13.2 Å². The second kappa shape index (κ2) is 7.63. The number of ether oxygens (including phenoxy) is 1. The molecular weight excluding hydrogens is 290 g/mol. The van der Waals surface area contributed by atoms with Gasteiger partial charge in [-0.2, -0.15) is 0 Å². The van der Waals surface area contributed by atoms with E-state index >= 15 is 0 Å². The smallest absolute Gasteiger partial charge is 0.254 e. The van der Waals surface area contributed by atoms with Crippen LogP contribution in [0.2, 0.25) is 0 Å². The van der Waals surface area contributed by atoms with Crippen molar-refractivity contribution in [2.75, 3.05) is 12.4 Å². The zero-order valence-electron chi connectivity index (χ0n) is 14.0. The summed E-state index contributed by atoms with van der Waals surface area (Å²) >= 11 is 0. The van der Waals surface area contributed by atoms with Gasteiger partial charge in [0.2, 0.25) is 0 Å². The number of benzene rings is 1. The van der Waals surface area contributed by atoms with Crippen molar-refractivity contribution in [3.05, 3.63) is 53.7 Å². The number of rotatable bonds is 6. The molecule has 2 aromatic rings. The maximum atomic E-state index is 11.9. The standard InChI is InChI=1S/C18H23N3O2/c1-12(2)23-15-8-5-7-14(11-15)13(3)21-17-16(18(22)19-4)9-6-10-20-17/h5-13H,1-4H3,(H,19,22)(H,20,21). The Balaban J connectivity index is 2.19. The van der Waals surface area contributed by atoms with Crippen LogP contribution in [0.3, 0.4) is 0 Å². The summed E-state index contributed by atoms with van der Waals surface area (Å²) in [6.45, 7) is 6.02. The minimum Gasteiger partial charge on any atom is -0.491 e. The van der Waals surface area contributed by atoms with E-state index in [4.69, 9.17) is 4.74 Å². The number of carbonyl (C=O) groups excluding carboxylic acids is 1. The SMILES string of the molecule is CNC(=O)c1cccnc1NC(C)c1cccc(OC(C)C)c1. The van der Waals surface area contributed by atoms with Crippen molar-refractivity contribution in [3.63, 3.8) is 0 Å². The van der Waals surface area contributed by atoms with Crippen molar-refractivity contribution in [3.8, 4) is 5.75 Å². The molecule has 122 valence electrons. The van der Waals surface area contributed by atoms with Crippen LogP contribution in [0.25, 0.3) is 0 Å². The number of amides is 1. The van der Waals surface area contributed by atoms with E-state index in [1.165, 1.54) is 0 Å². The van der Waals surface area contributed by atoms with Gasteiger partial charge in [0.15, 0.2) is 0 Å². The van der Waals surface area contributed by atoms with E-state index in [0.717, 1.165) is 11.3 Å². The lowest BCUT2D eigenvalue weighted by Crippen LogP contribution is -2.21. The summed E-state index contributed by atoms with van der Waals surface area (Å²) in [7, 11) is 1.61. The van der Waals surface area contributed by atoms with Crippen LogP contribution in [0.4, 0.5) is 5.82 Å². The summed E-state index contributed by atoms with van der Waals surface area (Å²) in [5, 5.41) is 5.92. The predicted octanol–water partition coefficient (Wildman–Crippen LogP) is 3.40. The highest BCUT2D eigenvalue weighted by atomic mass is 16.5. The predicted molar refractivity (Wildman–Crippen MR) is 91.9 cm³/mol. The molecule has 0 aliphatic heterocycles. The van der Waals surface area contributed by atoms with Crippen LogP contribution in [0, 0.1) is 0 Å². The third-order valence-corrected chi connectivity index (χ3v) is 3.36. The van der Waals surface area contributed by atoms with Crippen LogP contribution in [0.1, 0.15) is 42.7 Å². The van der Waals surface area contributed by atoms with Gasteiger partial charge in [-0.25, -0.2) is 4.98 Å². The fraction of sp³-hybridized carbons (Fsp3) is 0.333. The van der Waals surface area contributed by atoms with E-state index in [1.54, 1.807) is 25.4 Å². The topological polar surface area (TPSA) is 63.2 Å². The van der Waals surface area contributed by atoms with E-state index in [-0.39, 0.29) is 18.1 Å². The summed E-state index contributed by atoms with van der Waals surface area (Å²) in [5.41, 5.74) is 1.59. The lowest BCUT2D eigenvalue weighted by Gasteiger charge is -2.18. The van der Waals surface area contributed by atoms with Crippen molar-refractivity contribution in [2.24, 2.45) is 0 Å². The van der Waals surface area contributed by atoms with Crippen LogP contribution in [-0.2, 0) is 0 Å². The first-order valence-corrected chi connectivity index (χ1v) is 7.71. The molecule has 5 nitrogen and oxygen atoms in total. The van der Waals surface area contributed by atoms with Crippen LogP contribution in [0.15, 0.2) is 42.6 Å². The summed E-state index contributed by atoms with van der Waals surface area (Å²) < 4.78 is 5.73. The molecule has 1 heterocycles. The summed E-state index contributed by atoms with van der Waals surface area (Å²) in [4.78, 5) is 16.2. The fourth-order valence-electron chi connectivity index (χ4n) is 2.26. The maximum Gasteiger partial charge on any atom is 0.254 e. The number of carbonyl (C=O) groups is 1. The third-order valence-electron chi connectivity index (χ3n) is 3.36. The maximum absolute atomic E-state index is 11.9. The highest BCUT2D eigenvalue weighted by Crippen LogP contribution is 2.24. The van der Waals surface area contributed by atoms with Gasteiger partial charge in [-0.05, 0) is 50.6 Å². The van der Waals surface area contributed by atoms with Crippen molar-refractivity contribution >= 4 is 11.7 Å². The van der Waals surface area contributed by atoms with Crippen molar-refractivity contribution in [2.45, 2.75) is 32.9 Å². The average Bonchev–Trinajstić information content (AvgIpc) is 2.54. The Kier molecular flexibility index (Phi) is 5.57. The van der Waals surface area contributed by atoms with Crippen molar-refractivity contribution in [1.29, 1.82) is 0 Å². The average molecular weight is 313 g/mol. The van der Waals surface area contributed by atoms with E-state index < -0.39 is 0 Å². The molecule has 1 aromatic heterocycles. The van der Waals surface area contributed by atoms with Gasteiger partial charge in [-0.1, -0.05) is 12.1 Å². The van der Waals surface area contributed by atoms with Crippen LogP contribution < -0.4 is 15.4 Å². The molecule has 0 saturated carbocycles. The molecule has 0 saturated heterocycles. The van der Waals surface area contributed by atoms with Gasteiger partial charge >= 0.3 is 0 Å². The number of nitrogens with zero attached hydrogens (tertiary/aromatic N) is 1. The Labute approximate surface area is 137 Å². The molecule has 5 heteroatoms. The van der Waals surface area contributed by atoms with Gasteiger partial charge in [-0.3, -0.25) is 4.79 Å². The Morgan fingerprint density at radius 1 is 1.17 bits per heavy atom. The third kappa shape index (κ3) is 4.45. The van der Waals surface area contributed by atoms with Gasteiger partial charge in [0.05, 0.1) is 17.7 Å². The highest BCUT2D eigenvalue weighted by molar-refractivity contribution is 5.98. The van der Waals surface area contributed by atoms with Gasteiger partial charge in [0.25, 0.3) is 5.91 Å². The monoisotopic (exact) mass is 313 g/mol. The molecule has 0 aliphatic carbocycles. The molecule has 0 spiro atoms. The Hall–Kier alpha value is -2.56. The fourth-order valence-corrected chi connectivity index (χ4v) is 2.26. The van der Waals surface area contributed by atoms with Crippen LogP contribution >= 0.6 is 0 Å². The Morgan fingerprint density at radius 2 is 1.96 bits per heavy atom. The van der Waals surface area contributed by atoms with E-state index in [9.17, 15) is 4.79 Å². The molecule has 2 rings (SSSR count). The molecule has 2 N–H and O–H groups in total. The van der Waals surface area contributed by atoms with E-state index in [0.29, 0.717) is 11.4 Å². The second-order valence-electron chi connectivity index (χ2n) is 5.58. The number of aromatic nitrogens is 1. The van der Waals surface area contributed by atoms with Gasteiger partial charge in [-0.15, -0.1) is 0 Å². The zero-order valence-corrected chi connectivity index (χ0v) is 14.0. The lowest BCUT2D eigenvalue weighted by molar-refractivity contribution is 0.0963. The molecule has 0 fully saturated rings. The summed E-state index contributed by atoms with van der Waals surface area (Å²) in [6.07, 6.45) is 1.80. The molecule has 1 unspecified atom stereocenters. The zero-order chi connectivity index (χ0) is 16.8. The van der Waals surface area contributed by atoms with Gasteiger partial charge in [0.1, 0.15) is 11.6 Å². The number of pyridine rings is 1. The minimum atomic E-state index is -0.162. The number of hydrogen-bond acceptors (Lipinski definition) is 4. The molecule has 1 amide bonds. The quantitative estimate of drug-likeness (QED) is 0.858. The summed E-state index contributed by atoms with van der Waals surface area (Å²) in [6, 6.07) is 11.4. The first kappa shape index (κ1) is 16.8. The molecule has 0 bridgehead atoms. The van der Waals surface area contributed by atoms with Crippen molar-refractivity contribution in [1.82, 2.24) is 10.3 Å². The van der Waals surface area contributed by atoms with E-state index in [1.807, 2.05) is 45.0 Å². The molecular formula is C18H23N3O2. The highest BCUT2D eigenvalue weighted by Gasteiger charge is 2.14. The molecule has 0 radical (unpaired) electrons. The number of hydrogen-bond donors (Lipinski definition) is 2.